The van der Waals surface area contributed by atoms with E-state index in [1.807, 2.05) is 66.7 Å². The molecule has 0 saturated heterocycles. The second kappa shape index (κ2) is 7.18. The fourth-order valence-electron chi connectivity index (χ4n) is 2.95. The van der Waals surface area contributed by atoms with Gasteiger partial charge in [-0.3, -0.25) is 0 Å². The highest BCUT2D eigenvalue weighted by Gasteiger charge is 2.18. The molecule has 0 amide bonds. The van der Waals surface area contributed by atoms with E-state index in [-0.39, 0.29) is 5.92 Å². The maximum absolute atomic E-state index is 5.86. The fourth-order valence-corrected chi connectivity index (χ4v) is 2.95. The Balaban J connectivity index is 2.17. The molecule has 4 N–H and O–H groups in total. The van der Waals surface area contributed by atoms with Crippen LogP contribution < -0.4 is 20.9 Å². The molecule has 4 nitrogen and oxygen atoms in total. The second-order valence-electron chi connectivity index (χ2n) is 5.91. The van der Waals surface area contributed by atoms with Crippen molar-refractivity contribution < 1.29 is 9.47 Å². The molecule has 0 bridgehead atoms. The molecule has 0 unspecified atom stereocenters. The van der Waals surface area contributed by atoms with Gasteiger partial charge in [0.05, 0.1) is 14.2 Å². The van der Waals surface area contributed by atoms with Gasteiger partial charge in [0.15, 0.2) is 0 Å². The van der Waals surface area contributed by atoms with Gasteiger partial charge in [-0.1, -0.05) is 24.3 Å². The van der Waals surface area contributed by atoms with Crippen LogP contribution in [-0.2, 0) is 0 Å². The molecule has 0 aromatic heterocycles. The van der Waals surface area contributed by atoms with Crippen LogP contribution in [0.15, 0.2) is 66.7 Å². The van der Waals surface area contributed by atoms with Gasteiger partial charge >= 0.3 is 0 Å². The number of nitrogens with two attached hydrogens (primary N) is 2. The van der Waals surface area contributed by atoms with Crippen molar-refractivity contribution in [3.05, 3.63) is 83.4 Å². The van der Waals surface area contributed by atoms with E-state index in [9.17, 15) is 0 Å². The highest BCUT2D eigenvalue weighted by atomic mass is 16.5. The van der Waals surface area contributed by atoms with E-state index in [0.717, 1.165) is 39.6 Å². The van der Waals surface area contributed by atoms with Gasteiger partial charge in [-0.2, -0.15) is 0 Å². The molecular formula is C21H22N2O2. The van der Waals surface area contributed by atoms with Crippen LogP contribution in [0.3, 0.4) is 0 Å². The summed E-state index contributed by atoms with van der Waals surface area (Å²) in [6, 6.07) is 21.8. The zero-order chi connectivity index (χ0) is 17.8. The highest BCUT2D eigenvalue weighted by Crippen LogP contribution is 2.36. The van der Waals surface area contributed by atoms with Crippen LogP contribution in [0.1, 0.15) is 22.6 Å². The Hall–Kier alpha value is -3.14. The van der Waals surface area contributed by atoms with E-state index in [1.54, 1.807) is 14.2 Å². The van der Waals surface area contributed by atoms with E-state index >= 15 is 0 Å². The first-order valence-electron chi connectivity index (χ1n) is 8.04. The number of hydrogen-bond acceptors (Lipinski definition) is 4. The molecule has 3 rings (SSSR count). The van der Waals surface area contributed by atoms with Crippen LogP contribution >= 0.6 is 0 Å². The summed E-state index contributed by atoms with van der Waals surface area (Å²) in [6.07, 6.45) is 0. The van der Waals surface area contributed by atoms with Gasteiger partial charge in [-0.15, -0.1) is 0 Å². The zero-order valence-electron chi connectivity index (χ0n) is 14.4. The van der Waals surface area contributed by atoms with Crippen molar-refractivity contribution in [2.24, 2.45) is 0 Å². The number of rotatable bonds is 5. The lowest BCUT2D eigenvalue weighted by atomic mass is 9.85. The Bertz CT molecular complexity index is 775. The van der Waals surface area contributed by atoms with Gasteiger partial charge in [0.25, 0.3) is 0 Å². The summed E-state index contributed by atoms with van der Waals surface area (Å²) in [5.41, 5.74) is 16.5. The summed E-state index contributed by atoms with van der Waals surface area (Å²) in [5.74, 6) is 1.53. The van der Waals surface area contributed by atoms with Gasteiger partial charge in [-0.05, 0) is 53.1 Å². The van der Waals surface area contributed by atoms with Crippen LogP contribution in [-0.4, -0.2) is 14.2 Å². The van der Waals surface area contributed by atoms with Gasteiger partial charge in [0.2, 0.25) is 0 Å². The summed E-state index contributed by atoms with van der Waals surface area (Å²) in [7, 11) is 3.31. The minimum Gasteiger partial charge on any atom is -0.497 e. The third-order valence-corrected chi connectivity index (χ3v) is 4.25. The van der Waals surface area contributed by atoms with E-state index in [0.29, 0.717) is 0 Å². The molecular weight excluding hydrogens is 312 g/mol. The molecule has 3 aromatic carbocycles. The molecule has 128 valence electrons. The van der Waals surface area contributed by atoms with Crippen LogP contribution in [0, 0.1) is 0 Å². The van der Waals surface area contributed by atoms with E-state index in [4.69, 9.17) is 20.9 Å². The molecule has 0 aliphatic carbocycles. The molecule has 0 radical (unpaired) electrons. The van der Waals surface area contributed by atoms with Gasteiger partial charge in [0, 0.05) is 23.4 Å². The number of benzene rings is 3. The number of methoxy groups -OCH3 is 2. The SMILES string of the molecule is COc1cc(OC)cc(C(c2ccc(N)cc2)c2ccc(N)cc2)c1. The molecule has 3 aromatic rings. The van der Waals surface area contributed by atoms with Crippen molar-refractivity contribution in [2.75, 3.05) is 25.7 Å². The van der Waals surface area contributed by atoms with E-state index < -0.39 is 0 Å². The second-order valence-corrected chi connectivity index (χ2v) is 5.91. The summed E-state index contributed by atoms with van der Waals surface area (Å²) < 4.78 is 10.9. The lowest BCUT2D eigenvalue weighted by Gasteiger charge is -2.21. The molecule has 25 heavy (non-hydrogen) atoms. The Morgan fingerprint density at radius 2 is 1.00 bits per heavy atom. The molecule has 4 heteroatoms. The topological polar surface area (TPSA) is 70.5 Å². The van der Waals surface area contributed by atoms with Crippen molar-refractivity contribution in [3.63, 3.8) is 0 Å². The fraction of sp³-hybridized carbons (Fsp3) is 0.143. The first kappa shape index (κ1) is 16.7. The van der Waals surface area contributed by atoms with Crippen molar-refractivity contribution in [3.8, 4) is 11.5 Å². The third-order valence-electron chi connectivity index (χ3n) is 4.25. The van der Waals surface area contributed by atoms with Crippen molar-refractivity contribution in [2.45, 2.75) is 5.92 Å². The minimum atomic E-state index is 0.0187. The molecule has 0 aliphatic rings. The Morgan fingerprint density at radius 1 is 0.600 bits per heavy atom. The monoisotopic (exact) mass is 334 g/mol. The van der Waals surface area contributed by atoms with Crippen LogP contribution in [0.2, 0.25) is 0 Å². The van der Waals surface area contributed by atoms with Crippen LogP contribution in [0.5, 0.6) is 11.5 Å². The third kappa shape index (κ3) is 3.69. The minimum absolute atomic E-state index is 0.0187. The zero-order valence-corrected chi connectivity index (χ0v) is 14.4. The van der Waals surface area contributed by atoms with E-state index in [1.165, 1.54) is 0 Å². The smallest absolute Gasteiger partial charge is 0.122 e. The summed E-state index contributed by atoms with van der Waals surface area (Å²) in [4.78, 5) is 0. The van der Waals surface area contributed by atoms with Crippen LogP contribution in [0.4, 0.5) is 11.4 Å². The first-order valence-corrected chi connectivity index (χ1v) is 8.04. The Labute approximate surface area is 148 Å². The van der Waals surface area contributed by atoms with Crippen molar-refractivity contribution in [1.82, 2.24) is 0 Å². The number of hydrogen-bond donors (Lipinski definition) is 2. The Kier molecular flexibility index (Phi) is 4.80. The molecule has 0 saturated carbocycles. The normalized spacial score (nSPS) is 10.7. The predicted octanol–water partition coefficient (Wildman–Crippen LogP) is 4.05. The van der Waals surface area contributed by atoms with Gasteiger partial charge in [0.1, 0.15) is 11.5 Å². The molecule has 0 fully saturated rings. The van der Waals surface area contributed by atoms with Crippen molar-refractivity contribution >= 4 is 11.4 Å². The standard InChI is InChI=1S/C21H22N2O2/c1-24-19-11-16(12-20(13-19)25-2)21(14-3-7-17(22)8-4-14)15-5-9-18(23)10-6-15/h3-13,21H,22-23H2,1-2H3. The summed E-state index contributed by atoms with van der Waals surface area (Å²) in [6.45, 7) is 0. The highest BCUT2D eigenvalue weighted by molar-refractivity contribution is 5.52. The number of nitrogen functional groups attached to an aromatic ring is 2. The van der Waals surface area contributed by atoms with Crippen molar-refractivity contribution in [1.29, 1.82) is 0 Å². The quantitative estimate of drug-likeness (QED) is 0.545. The molecule has 0 heterocycles. The predicted molar refractivity (Wildman–Crippen MR) is 102 cm³/mol. The number of ether oxygens (including phenoxy) is 2. The van der Waals surface area contributed by atoms with Gasteiger partial charge in [-0.25, -0.2) is 0 Å². The first-order chi connectivity index (χ1) is 12.1. The summed E-state index contributed by atoms with van der Waals surface area (Å²) in [5, 5.41) is 0. The van der Waals surface area contributed by atoms with E-state index in [2.05, 4.69) is 0 Å². The molecule has 0 atom stereocenters. The van der Waals surface area contributed by atoms with Gasteiger partial charge < -0.3 is 20.9 Å². The lowest BCUT2D eigenvalue weighted by Crippen LogP contribution is -2.05. The largest absolute Gasteiger partial charge is 0.497 e. The average molecular weight is 334 g/mol. The number of anilines is 2. The lowest BCUT2D eigenvalue weighted by molar-refractivity contribution is 0.393. The maximum atomic E-state index is 5.86. The molecule has 0 aliphatic heterocycles. The van der Waals surface area contributed by atoms with Crippen LogP contribution in [0.25, 0.3) is 0 Å². The Morgan fingerprint density at radius 3 is 1.36 bits per heavy atom. The average Bonchev–Trinajstić information content (AvgIpc) is 2.64. The molecule has 0 spiro atoms. The maximum Gasteiger partial charge on any atom is 0.122 e. The summed E-state index contributed by atoms with van der Waals surface area (Å²) >= 11 is 0.